The molecule has 0 aliphatic carbocycles. The fraction of sp³-hybridized carbons (Fsp3) is 0.462. The number of hydrogen-bond acceptors (Lipinski definition) is 3. The van der Waals surface area contributed by atoms with Gasteiger partial charge in [-0.25, -0.2) is 0 Å². The number of fused-ring (bicyclic) bond motifs is 1. The molecule has 0 unspecified atom stereocenters. The molecule has 3 atom stereocenters. The van der Waals surface area contributed by atoms with Crippen LogP contribution < -0.4 is 0 Å². The van der Waals surface area contributed by atoms with Crippen molar-refractivity contribution in [3.05, 3.63) is 35.9 Å². The van der Waals surface area contributed by atoms with Gasteiger partial charge in [-0.15, -0.1) is 0 Å². The molecule has 1 fully saturated rings. The minimum atomic E-state index is -0.586. The van der Waals surface area contributed by atoms with E-state index in [1.54, 1.807) is 0 Å². The molecular weight excluding hydrogens is 202 g/mol. The predicted molar refractivity (Wildman–Crippen MR) is 61.0 cm³/mol. The van der Waals surface area contributed by atoms with Crippen molar-refractivity contribution in [2.75, 3.05) is 0 Å². The second-order valence-electron chi connectivity index (χ2n) is 4.82. The van der Waals surface area contributed by atoms with E-state index >= 15 is 0 Å². The van der Waals surface area contributed by atoms with Gasteiger partial charge in [0.05, 0.1) is 5.71 Å². The number of rotatable bonds is 1. The molecular formula is C13H15NO2. The zero-order valence-corrected chi connectivity index (χ0v) is 9.73. The maximum atomic E-state index is 5.87. The van der Waals surface area contributed by atoms with Crippen molar-refractivity contribution < 1.29 is 9.57 Å². The third-order valence-electron chi connectivity index (χ3n) is 4.02. The number of oxime groups is 1. The number of ether oxygens (including phenoxy) is 1. The van der Waals surface area contributed by atoms with Crippen LogP contribution in [0.2, 0.25) is 0 Å². The van der Waals surface area contributed by atoms with Crippen LogP contribution in [0.15, 0.2) is 35.5 Å². The summed E-state index contributed by atoms with van der Waals surface area (Å²) in [5, 5.41) is 4.07. The molecule has 3 rings (SSSR count). The average Bonchev–Trinajstić information content (AvgIpc) is 2.47. The van der Waals surface area contributed by atoms with Crippen molar-refractivity contribution in [1.29, 1.82) is 0 Å². The summed E-state index contributed by atoms with van der Waals surface area (Å²) in [5.74, 6) is -0.586. The Balaban J connectivity index is 2.00. The topological polar surface area (TPSA) is 30.8 Å². The third kappa shape index (κ3) is 0.944. The zero-order chi connectivity index (χ0) is 11.4. The Bertz CT molecular complexity index is 456. The lowest BCUT2D eigenvalue weighted by Crippen LogP contribution is -2.62. The zero-order valence-electron chi connectivity index (χ0n) is 9.73. The summed E-state index contributed by atoms with van der Waals surface area (Å²) < 4.78 is 5.87. The third-order valence-corrected chi connectivity index (χ3v) is 4.02. The summed E-state index contributed by atoms with van der Waals surface area (Å²) in [4.78, 5) is 5.37. The molecule has 16 heavy (non-hydrogen) atoms. The molecule has 2 aliphatic rings. The molecule has 3 heteroatoms. The van der Waals surface area contributed by atoms with Crippen LogP contribution in [0.4, 0.5) is 0 Å². The van der Waals surface area contributed by atoms with E-state index < -0.39 is 5.79 Å². The van der Waals surface area contributed by atoms with Crippen LogP contribution in [-0.2, 0) is 9.57 Å². The van der Waals surface area contributed by atoms with E-state index in [0.717, 1.165) is 5.71 Å². The first-order valence-corrected chi connectivity index (χ1v) is 5.54. The van der Waals surface area contributed by atoms with Crippen LogP contribution in [0.25, 0.3) is 0 Å². The Morgan fingerprint density at radius 2 is 1.88 bits per heavy atom. The van der Waals surface area contributed by atoms with Crippen molar-refractivity contribution in [3.8, 4) is 0 Å². The van der Waals surface area contributed by atoms with Gasteiger partial charge in [0.2, 0.25) is 5.79 Å². The standard InChI is InChI=1S/C13H15NO2/c1-9-12(2)11(10-7-5-4-6-8-10)15-13(12,3)16-14-9/h4-8,11H,1-3H3/t11-,12-,13-/m0/s1. The van der Waals surface area contributed by atoms with Crippen LogP contribution in [0.5, 0.6) is 0 Å². The molecule has 0 aromatic heterocycles. The average molecular weight is 217 g/mol. The molecule has 0 spiro atoms. The molecule has 0 bridgehead atoms. The molecule has 1 saturated heterocycles. The van der Waals surface area contributed by atoms with Gasteiger partial charge < -0.3 is 9.57 Å². The first-order chi connectivity index (χ1) is 7.58. The van der Waals surface area contributed by atoms with Crippen LogP contribution >= 0.6 is 0 Å². The van der Waals surface area contributed by atoms with Gasteiger partial charge >= 0.3 is 0 Å². The number of benzene rings is 1. The maximum Gasteiger partial charge on any atom is 0.248 e. The van der Waals surface area contributed by atoms with Crippen molar-refractivity contribution in [2.24, 2.45) is 10.6 Å². The van der Waals surface area contributed by atoms with Crippen molar-refractivity contribution >= 4 is 5.71 Å². The van der Waals surface area contributed by atoms with E-state index in [2.05, 4.69) is 24.2 Å². The van der Waals surface area contributed by atoms with Gasteiger partial charge in [-0.1, -0.05) is 35.5 Å². The maximum absolute atomic E-state index is 5.87. The second-order valence-corrected chi connectivity index (χ2v) is 4.82. The minimum absolute atomic E-state index is 0.0462. The van der Waals surface area contributed by atoms with Crippen LogP contribution in [0.3, 0.4) is 0 Å². The molecule has 0 radical (unpaired) electrons. The Morgan fingerprint density at radius 3 is 2.50 bits per heavy atom. The SMILES string of the molecule is CC1=NO[C@]2(C)O[C@@H](c3ccccc3)[C@]12C. The summed E-state index contributed by atoms with van der Waals surface area (Å²) in [6.45, 7) is 6.11. The lowest BCUT2D eigenvalue weighted by Gasteiger charge is -2.54. The second kappa shape index (κ2) is 2.86. The first kappa shape index (κ1) is 9.85. The molecule has 0 saturated carbocycles. The van der Waals surface area contributed by atoms with E-state index in [1.165, 1.54) is 5.56 Å². The van der Waals surface area contributed by atoms with Crippen LogP contribution in [-0.4, -0.2) is 11.5 Å². The highest BCUT2D eigenvalue weighted by Crippen LogP contribution is 2.62. The summed E-state index contributed by atoms with van der Waals surface area (Å²) in [6.07, 6.45) is 0.0462. The van der Waals surface area contributed by atoms with Crippen molar-refractivity contribution in [1.82, 2.24) is 0 Å². The fourth-order valence-corrected chi connectivity index (χ4v) is 2.56. The fourth-order valence-electron chi connectivity index (χ4n) is 2.56. The Labute approximate surface area is 95.1 Å². The smallest absolute Gasteiger partial charge is 0.248 e. The highest BCUT2D eigenvalue weighted by Gasteiger charge is 2.69. The Hall–Kier alpha value is -1.35. The highest BCUT2D eigenvalue weighted by molar-refractivity contribution is 5.91. The van der Waals surface area contributed by atoms with Gasteiger partial charge in [-0.2, -0.15) is 0 Å². The first-order valence-electron chi connectivity index (χ1n) is 5.54. The monoisotopic (exact) mass is 217 g/mol. The van der Waals surface area contributed by atoms with Gasteiger partial charge in [0.15, 0.2) is 0 Å². The molecule has 0 N–H and O–H groups in total. The van der Waals surface area contributed by atoms with E-state index in [-0.39, 0.29) is 11.5 Å². The Kier molecular flexibility index (Phi) is 1.76. The van der Waals surface area contributed by atoms with Crippen LogP contribution in [0.1, 0.15) is 32.4 Å². The van der Waals surface area contributed by atoms with Crippen molar-refractivity contribution in [3.63, 3.8) is 0 Å². The molecule has 3 nitrogen and oxygen atoms in total. The van der Waals surface area contributed by atoms with E-state index in [4.69, 9.17) is 9.57 Å². The van der Waals surface area contributed by atoms with Crippen LogP contribution in [0, 0.1) is 5.41 Å². The van der Waals surface area contributed by atoms with E-state index in [1.807, 2.05) is 32.0 Å². The largest absolute Gasteiger partial charge is 0.359 e. The molecule has 2 aliphatic heterocycles. The number of nitrogens with zero attached hydrogens (tertiary/aromatic N) is 1. The lowest BCUT2D eigenvalue weighted by molar-refractivity contribution is -0.383. The van der Waals surface area contributed by atoms with Gasteiger partial charge in [-0.05, 0) is 19.4 Å². The minimum Gasteiger partial charge on any atom is -0.359 e. The number of hydrogen-bond donors (Lipinski definition) is 0. The predicted octanol–water partition coefficient (Wildman–Crippen LogP) is 2.89. The molecule has 1 aromatic carbocycles. The van der Waals surface area contributed by atoms with E-state index in [9.17, 15) is 0 Å². The van der Waals surface area contributed by atoms with Gasteiger partial charge in [0.1, 0.15) is 11.5 Å². The summed E-state index contributed by atoms with van der Waals surface area (Å²) in [6, 6.07) is 10.2. The summed E-state index contributed by atoms with van der Waals surface area (Å²) >= 11 is 0. The lowest BCUT2D eigenvalue weighted by atomic mass is 9.66. The molecule has 0 amide bonds. The van der Waals surface area contributed by atoms with Gasteiger partial charge in [0.25, 0.3) is 0 Å². The van der Waals surface area contributed by atoms with Gasteiger partial charge in [-0.3, -0.25) is 0 Å². The van der Waals surface area contributed by atoms with Gasteiger partial charge in [0, 0.05) is 6.92 Å². The molecule has 84 valence electrons. The summed E-state index contributed by atoms with van der Waals surface area (Å²) in [7, 11) is 0. The normalized spacial score (nSPS) is 40.7. The summed E-state index contributed by atoms with van der Waals surface area (Å²) in [5.41, 5.74) is 2.05. The Morgan fingerprint density at radius 1 is 1.19 bits per heavy atom. The highest BCUT2D eigenvalue weighted by atomic mass is 16.8. The molecule has 1 aromatic rings. The quantitative estimate of drug-likeness (QED) is 0.724. The van der Waals surface area contributed by atoms with Crippen molar-refractivity contribution in [2.45, 2.75) is 32.7 Å². The van der Waals surface area contributed by atoms with E-state index in [0.29, 0.717) is 0 Å². The molecule has 2 heterocycles.